The number of hydrogen-bond donors (Lipinski definition) is 2. The molecule has 0 spiro atoms. The Morgan fingerprint density at radius 1 is 1.15 bits per heavy atom. The van der Waals surface area contributed by atoms with Crippen LogP contribution < -0.4 is 10.6 Å². The van der Waals surface area contributed by atoms with Crippen LogP contribution in [0.15, 0.2) is 41.8 Å². The third-order valence-corrected chi connectivity index (χ3v) is 5.65. The van der Waals surface area contributed by atoms with E-state index in [2.05, 4.69) is 15.6 Å². The van der Waals surface area contributed by atoms with E-state index in [0.717, 1.165) is 26.6 Å². The van der Waals surface area contributed by atoms with Gasteiger partial charge >= 0.3 is 0 Å². The molecule has 2 amide bonds. The summed E-state index contributed by atoms with van der Waals surface area (Å²) in [4.78, 5) is 29.8. The van der Waals surface area contributed by atoms with Crippen LogP contribution in [0.25, 0.3) is 10.6 Å². The van der Waals surface area contributed by atoms with Gasteiger partial charge in [0.1, 0.15) is 0 Å². The monoisotopic (exact) mass is 385 g/mol. The zero-order chi connectivity index (χ0) is 18.5. The molecule has 2 N–H and O–H groups in total. The number of aryl methyl sites for hydroxylation is 1. The van der Waals surface area contributed by atoms with E-state index in [9.17, 15) is 9.59 Å². The van der Waals surface area contributed by atoms with Crippen LogP contribution in [0.3, 0.4) is 0 Å². The average Bonchev–Trinajstić information content (AvgIpc) is 3.24. The van der Waals surface area contributed by atoms with Crippen molar-refractivity contribution in [1.82, 2.24) is 10.3 Å². The fourth-order valence-electron chi connectivity index (χ4n) is 2.41. The summed E-state index contributed by atoms with van der Waals surface area (Å²) in [5.74, 6) is -0.120. The molecule has 2 heterocycles. The van der Waals surface area contributed by atoms with Crippen LogP contribution in [0.2, 0.25) is 0 Å². The Labute approximate surface area is 160 Å². The maximum absolute atomic E-state index is 12.3. The average molecular weight is 386 g/mol. The molecule has 0 saturated heterocycles. The maximum Gasteiger partial charge on any atom is 0.230 e. The van der Waals surface area contributed by atoms with Gasteiger partial charge in [-0.3, -0.25) is 9.59 Å². The molecule has 0 unspecified atom stereocenters. The third kappa shape index (κ3) is 4.77. The number of thiophene rings is 1. The first-order chi connectivity index (χ1) is 12.5. The second-order valence-corrected chi connectivity index (χ2v) is 7.89. The fraction of sp³-hybridized carbons (Fsp3) is 0.211. The Morgan fingerprint density at radius 2 is 1.96 bits per heavy atom. The maximum atomic E-state index is 12.3. The summed E-state index contributed by atoms with van der Waals surface area (Å²) in [6, 6.07) is 11.8. The Morgan fingerprint density at radius 3 is 2.73 bits per heavy atom. The highest BCUT2D eigenvalue weighted by Crippen LogP contribution is 2.30. The number of amides is 2. The van der Waals surface area contributed by atoms with Crippen molar-refractivity contribution in [3.05, 3.63) is 57.8 Å². The van der Waals surface area contributed by atoms with Gasteiger partial charge in [0.2, 0.25) is 11.8 Å². The van der Waals surface area contributed by atoms with Gasteiger partial charge in [-0.25, -0.2) is 4.98 Å². The van der Waals surface area contributed by atoms with E-state index in [1.54, 1.807) is 11.3 Å². The molecule has 0 aliphatic heterocycles. The van der Waals surface area contributed by atoms with Crippen molar-refractivity contribution in [3.63, 3.8) is 0 Å². The molecular weight excluding hydrogens is 366 g/mol. The first-order valence-corrected chi connectivity index (χ1v) is 9.84. The van der Waals surface area contributed by atoms with Gasteiger partial charge in [0.15, 0.2) is 5.13 Å². The van der Waals surface area contributed by atoms with Gasteiger partial charge in [0, 0.05) is 17.2 Å². The molecule has 0 atom stereocenters. The predicted octanol–water partition coefficient (Wildman–Crippen LogP) is 4.00. The van der Waals surface area contributed by atoms with E-state index in [1.807, 2.05) is 48.7 Å². The number of nitrogens with zero attached hydrogens (tertiary/aromatic N) is 1. The topological polar surface area (TPSA) is 71.1 Å². The van der Waals surface area contributed by atoms with Crippen LogP contribution in [0.1, 0.15) is 22.9 Å². The van der Waals surface area contributed by atoms with Gasteiger partial charge in [-0.1, -0.05) is 24.3 Å². The van der Waals surface area contributed by atoms with Crippen molar-refractivity contribution in [3.8, 4) is 10.6 Å². The molecule has 26 heavy (non-hydrogen) atoms. The molecule has 0 aliphatic rings. The van der Waals surface area contributed by atoms with Crippen LogP contribution in [0.5, 0.6) is 0 Å². The number of rotatable bonds is 6. The lowest BCUT2D eigenvalue weighted by molar-refractivity contribution is -0.119. The highest BCUT2D eigenvalue weighted by molar-refractivity contribution is 7.17. The van der Waals surface area contributed by atoms with E-state index in [1.165, 1.54) is 18.3 Å². The Balaban J connectivity index is 1.62. The first-order valence-electron chi connectivity index (χ1n) is 8.14. The number of carbonyl (C=O) groups excluding carboxylic acids is 2. The van der Waals surface area contributed by atoms with Crippen LogP contribution >= 0.6 is 22.7 Å². The molecule has 1 aromatic carbocycles. The number of anilines is 1. The largest absolute Gasteiger partial charge is 0.351 e. The van der Waals surface area contributed by atoms with Crippen molar-refractivity contribution in [2.45, 2.75) is 26.8 Å². The molecule has 0 radical (unpaired) electrons. The number of carbonyl (C=O) groups is 2. The molecule has 0 aliphatic carbocycles. The smallest absolute Gasteiger partial charge is 0.230 e. The Hall–Kier alpha value is -2.51. The quantitative estimate of drug-likeness (QED) is 0.674. The Kier molecular flexibility index (Phi) is 5.80. The van der Waals surface area contributed by atoms with Crippen molar-refractivity contribution in [1.29, 1.82) is 0 Å². The minimum Gasteiger partial charge on any atom is -0.351 e. The van der Waals surface area contributed by atoms with Gasteiger partial charge in [-0.2, -0.15) is 0 Å². The van der Waals surface area contributed by atoms with Gasteiger partial charge in [0.05, 0.1) is 23.5 Å². The number of thiazole rings is 1. The number of hydrogen-bond acceptors (Lipinski definition) is 5. The minimum absolute atomic E-state index is 0.0488. The first kappa shape index (κ1) is 18.3. The molecule has 0 saturated carbocycles. The minimum atomic E-state index is -0.0715. The molecule has 3 aromatic rings. The lowest BCUT2D eigenvalue weighted by atomic mass is 10.1. The van der Waals surface area contributed by atoms with E-state index in [-0.39, 0.29) is 11.8 Å². The van der Waals surface area contributed by atoms with E-state index < -0.39 is 0 Å². The van der Waals surface area contributed by atoms with Crippen molar-refractivity contribution in [2.75, 3.05) is 5.32 Å². The second kappa shape index (κ2) is 8.25. The van der Waals surface area contributed by atoms with Crippen LogP contribution in [-0.4, -0.2) is 16.8 Å². The third-order valence-electron chi connectivity index (χ3n) is 3.79. The van der Waals surface area contributed by atoms with E-state index in [0.29, 0.717) is 18.1 Å². The highest BCUT2D eigenvalue weighted by Gasteiger charge is 2.11. The van der Waals surface area contributed by atoms with Crippen LogP contribution in [0.4, 0.5) is 5.13 Å². The molecule has 3 rings (SSSR count). The second-order valence-electron chi connectivity index (χ2n) is 5.87. The van der Waals surface area contributed by atoms with Gasteiger partial charge in [-0.05, 0) is 30.2 Å². The van der Waals surface area contributed by atoms with Crippen molar-refractivity contribution in [2.24, 2.45) is 0 Å². The molecular formula is C19H19N3O2S2. The van der Waals surface area contributed by atoms with Gasteiger partial charge in [0.25, 0.3) is 0 Å². The summed E-state index contributed by atoms with van der Waals surface area (Å²) in [5.41, 5.74) is 2.95. The van der Waals surface area contributed by atoms with Crippen molar-refractivity contribution >= 4 is 39.6 Å². The normalized spacial score (nSPS) is 10.5. The van der Waals surface area contributed by atoms with Gasteiger partial charge < -0.3 is 10.6 Å². The Bertz CT molecular complexity index is 930. The summed E-state index contributed by atoms with van der Waals surface area (Å²) >= 11 is 2.99. The molecule has 7 heteroatoms. The fourth-order valence-corrected chi connectivity index (χ4v) is 4.12. The standard InChI is InChI=1S/C19H19N3O2S2/c1-12-5-3-4-6-14(12)9-18(24)22-19-21-16(11-25-19)17-8-7-15(26-17)10-20-13(2)23/h3-8,11H,9-10H2,1-2H3,(H,20,23)(H,21,22,24). The van der Waals surface area contributed by atoms with Crippen LogP contribution in [0, 0.1) is 6.92 Å². The van der Waals surface area contributed by atoms with Crippen molar-refractivity contribution < 1.29 is 9.59 Å². The van der Waals surface area contributed by atoms with Gasteiger partial charge in [-0.15, -0.1) is 22.7 Å². The SMILES string of the molecule is CC(=O)NCc1ccc(-c2csc(NC(=O)Cc3ccccc3C)n2)s1. The zero-order valence-corrected chi connectivity index (χ0v) is 16.2. The predicted molar refractivity (Wildman–Crippen MR) is 106 cm³/mol. The molecule has 2 aromatic heterocycles. The summed E-state index contributed by atoms with van der Waals surface area (Å²) in [7, 11) is 0. The zero-order valence-electron chi connectivity index (χ0n) is 14.5. The molecule has 0 bridgehead atoms. The lowest BCUT2D eigenvalue weighted by Gasteiger charge is -2.05. The summed E-state index contributed by atoms with van der Waals surface area (Å²) in [6.07, 6.45) is 0.335. The molecule has 5 nitrogen and oxygen atoms in total. The highest BCUT2D eigenvalue weighted by atomic mass is 32.1. The molecule has 134 valence electrons. The number of aromatic nitrogens is 1. The summed E-state index contributed by atoms with van der Waals surface area (Å²) in [5, 5.41) is 8.17. The van der Waals surface area contributed by atoms with Crippen LogP contribution in [-0.2, 0) is 22.6 Å². The van der Waals surface area contributed by atoms with E-state index >= 15 is 0 Å². The lowest BCUT2D eigenvalue weighted by Crippen LogP contribution is -2.17. The number of nitrogens with one attached hydrogen (secondary N) is 2. The number of benzene rings is 1. The summed E-state index contributed by atoms with van der Waals surface area (Å²) in [6.45, 7) is 4.02. The molecule has 0 fully saturated rings. The van der Waals surface area contributed by atoms with E-state index in [4.69, 9.17) is 0 Å². The summed E-state index contributed by atoms with van der Waals surface area (Å²) < 4.78 is 0.